The molecule has 1 aromatic heterocycles. The number of pyridine rings is 1. The summed E-state index contributed by atoms with van der Waals surface area (Å²) in [5, 5.41) is 1.12. The lowest BCUT2D eigenvalue weighted by molar-refractivity contribution is -0.0723. The zero-order valence-electron chi connectivity index (χ0n) is 12.2. The number of hydrogen-bond acceptors (Lipinski definition) is 3. The molecule has 2 atom stereocenters. The van der Waals surface area contributed by atoms with E-state index in [2.05, 4.69) is 31.0 Å². The summed E-state index contributed by atoms with van der Waals surface area (Å²) in [4.78, 5) is 4.45. The second kappa shape index (κ2) is 5.06. The predicted molar refractivity (Wildman–Crippen MR) is 81.8 cm³/mol. The van der Waals surface area contributed by atoms with Crippen molar-refractivity contribution in [1.82, 2.24) is 4.98 Å². The van der Waals surface area contributed by atoms with Gasteiger partial charge in [-0.2, -0.15) is 0 Å². The number of para-hydroxylation sites is 1. The highest BCUT2D eigenvalue weighted by atomic mass is 16.5. The maximum Gasteiger partial charge on any atom is 0.138 e. The van der Waals surface area contributed by atoms with Crippen LogP contribution in [0.25, 0.3) is 10.9 Å². The molecule has 1 saturated carbocycles. The molecule has 106 valence electrons. The first-order valence-electron chi connectivity index (χ1n) is 7.46. The quantitative estimate of drug-likeness (QED) is 0.924. The smallest absolute Gasteiger partial charge is 0.138 e. The van der Waals surface area contributed by atoms with Crippen LogP contribution in [-0.2, 0) is 0 Å². The predicted octanol–water partition coefficient (Wildman–Crippen LogP) is 3.52. The Hall–Kier alpha value is -1.61. The summed E-state index contributed by atoms with van der Waals surface area (Å²) in [5.74, 6) is 0.854. The zero-order valence-corrected chi connectivity index (χ0v) is 12.2. The average Bonchev–Trinajstić information content (AvgIpc) is 2.48. The van der Waals surface area contributed by atoms with Crippen LogP contribution in [0.2, 0.25) is 0 Å². The number of nitrogens with two attached hydrogens (primary N) is 1. The Morgan fingerprint density at radius 3 is 2.75 bits per heavy atom. The normalized spacial score (nSPS) is 24.4. The van der Waals surface area contributed by atoms with Crippen molar-refractivity contribution in [3.63, 3.8) is 0 Å². The van der Waals surface area contributed by atoms with Gasteiger partial charge in [0.1, 0.15) is 11.9 Å². The molecule has 2 N–H and O–H groups in total. The molecule has 3 rings (SSSR count). The first-order chi connectivity index (χ1) is 9.69. The van der Waals surface area contributed by atoms with Crippen LogP contribution in [0, 0.1) is 5.41 Å². The molecule has 1 aliphatic carbocycles. The molecule has 0 spiro atoms. The number of nitrogens with zero attached hydrogens (tertiary/aromatic N) is 1. The van der Waals surface area contributed by atoms with Crippen LogP contribution >= 0.6 is 0 Å². The Kier molecular flexibility index (Phi) is 3.38. The van der Waals surface area contributed by atoms with E-state index in [0.717, 1.165) is 35.9 Å². The Morgan fingerprint density at radius 1 is 1.30 bits per heavy atom. The summed E-state index contributed by atoms with van der Waals surface area (Å²) in [6.07, 6.45) is 5.11. The van der Waals surface area contributed by atoms with Gasteiger partial charge in [0.05, 0.1) is 11.7 Å². The Bertz CT molecular complexity index is 607. The minimum atomic E-state index is 0.131. The highest BCUT2D eigenvalue weighted by Gasteiger charge is 2.52. The van der Waals surface area contributed by atoms with Gasteiger partial charge in [0, 0.05) is 23.3 Å². The standard InChI is InChI=1S/C17H22N2O/c1-3-17(4-2)15(18)10-16(17)20-13-9-12-7-5-6-8-14(12)19-11-13/h5-9,11,15-16H,3-4,10,18H2,1-2H3. The largest absolute Gasteiger partial charge is 0.488 e. The van der Waals surface area contributed by atoms with E-state index in [-0.39, 0.29) is 17.6 Å². The van der Waals surface area contributed by atoms with Crippen LogP contribution in [0.1, 0.15) is 33.1 Å². The van der Waals surface area contributed by atoms with Crippen molar-refractivity contribution in [2.45, 2.75) is 45.3 Å². The fraction of sp³-hybridized carbons (Fsp3) is 0.471. The highest BCUT2D eigenvalue weighted by Crippen LogP contribution is 2.47. The lowest BCUT2D eigenvalue weighted by Crippen LogP contribution is -2.62. The molecule has 2 aromatic rings. The minimum Gasteiger partial charge on any atom is -0.488 e. The van der Waals surface area contributed by atoms with Crippen molar-refractivity contribution >= 4 is 10.9 Å². The summed E-state index contributed by atoms with van der Waals surface area (Å²) >= 11 is 0. The monoisotopic (exact) mass is 270 g/mol. The Labute approximate surface area is 120 Å². The van der Waals surface area contributed by atoms with Gasteiger partial charge in [-0.3, -0.25) is 4.98 Å². The molecule has 0 aliphatic heterocycles. The molecule has 0 bridgehead atoms. The molecule has 0 saturated heterocycles. The molecule has 1 aliphatic rings. The lowest BCUT2D eigenvalue weighted by atomic mass is 9.59. The Balaban J connectivity index is 1.83. The topological polar surface area (TPSA) is 48.1 Å². The van der Waals surface area contributed by atoms with E-state index in [1.807, 2.05) is 24.4 Å². The number of benzene rings is 1. The summed E-state index contributed by atoms with van der Waals surface area (Å²) in [5.41, 5.74) is 7.35. The third kappa shape index (κ3) is 1.97. The second-order valence-corrected chi connectivity index (χ2v) is 5.75. The number of aromatic nitrogens is 1. The number of ether oxygens (including phenoxy) is 1. The summed E-state index contributed by atoms with van der Waals surface area (Å²) in [6.45, 7) is 4.41. The van der Waals surface area contributed by atoms with Crippen LogP contribution in [0.3, 0.4) is 0 Å². The first-order valence-corrected chi connectivity index (χ1v) is 7.46. The van der Waals surface area contributed by atoms with Crippen LogP contribution in [0.4, 0.5) is 0 Å². The van der Waals surface area contributed by atoms with Crippen molar-refractivity contribution in [3.8, 4) is 5.75 Å². The van der Waals surface area contributed by atoms with E-state index in [0.29, 0.717) is 0 Å². The van der Waals surface area contributed by atoms with E-state index in [4.69, 9.17) is 10.5 Å². The van der Waals surface area contributed by atoms with E-state index < -0.39 is 0 Å². The van der Waals surface area contributed by atoms with Gasteiger partial charge in [-0.25, -0.2) is 0 Å². The van der Waals surface area contributed by atoms with Gasteiger partial charge >= 0.3 is 0 Å². The van der Waals surface area contributed by atoms with Crippen LogP contribution in [0.15, 0.2) is 36.5 Å². The molecule has 1 fully saturated rings. The average molecular weight is 270 g/mol. The van der Waals surface area contributed by atoms with Crippen molar-refractivity contribution in [3.05, 3.63) is 36.5 Å². The molecular formula is C17H22N2O. The van der Waals surface area contributed by atoms with Crippen molar-refractivity contribution in [2.24, 2.45) is 11.1 Å². The molecule has 0 radical (unpaired) electrons. The number of fused-ring (bicyclic) bond motifs is 1. The highest BCUT2D eigenvalue weighted by molar-refractivity contribution is 5.79. The van der Waals surface area contributed by atoms with Gasteiger partial charge in [0.25, 0.3) is 0 Å². The summed E-state index contributed by atoms with van der Waals surface area (Å²) < 4.78 is 6.18. The maximum atomic E-state index is 6.22. The van der Waals surface area contributed by atoms with E-state index in [1.54, 1.807) is 0 Å². The third-order valence-corrected chi connectivity index (χ3v) is 5.01. The van der Waals surface area contributed by atoms with Crippen molar-refractivity contribution in [2.75, 3.05) is 0 Å². The number of rotatable bonds is 4. The molecule has 0 amide bonds. The summed E-state index contributed by atoms with van der Waals surface area (Å²) in [6, 6.07) is 10.4. The third-order valence-electron chi connectivity index (χ3n) is 5.01. The van der Waals surface area contributed by atoms with Gasteiger partial charge in [-0.15, -0.1) is 0 Å². The molecule has 20 heavy (non-hydrogen) atoms. The van der Waals surface area contributed by atoms with Gasteiger partial charge in [-0.05, 0) is 25.0 Å². The van der Waals surface area contributed by atoms with Crippen molar-refractivity contribution in [1.29, 1.82) is 0 Å². The Morgan fingerprint density at radius 2 is 2.05 bits per heavy atom. The summed E-state index contributed by atoms with van der Waals surface area (Å²) in [7, 11) is 0. The van der Waals surface area contributed by atoms with Gasteiger partial charge in [0.2, 0.25) is 0 Å². The fourth-order valence-electron chi connectivity index (χ4n) is 3.45. The van der Waals surface area contributed by atoms with E-state index >= 15 is 0 Å². The van der Waals surface area contributed by atoms with Gasteiger partial charge in [-0.1, -0.05) is 32.0 Å². The van der Waals surface area contributed by atoms with Crippen LogP contribution < -0.4 is 10.5 Å². The van der Waals surface area contributed by atoms with Crippen molar-refractivity contribution < 1.29 is 4.74 Å². The fourth-order valence-corrected chi connectivity index (χ4v) is 3.45. The zero-order chi connectivity index (χ0) is 14.2. The lowest BCUT2D eigenvalue weighted by Gasteiger charge is -2.53. The van der Waals surface area contributed by atoms with E-state index in [9.17, 15) is 0 Å². The number of hydrogen-bond donors (Lipinski definition) is 1. The van der Waals surface area contributed by atoms with Gasteiger partial charge < -0.3 is 10.5 Å². The molecule has 3 heteroatoms. The molecule has 1 heterocycles. The van der Waals surface area contributed by atoms with Crippen LogP contribution in [0.5, 0.6) is 5.75 Å². The molecular weight excluding hydrogens is 248 g/mol. The molecule has 3 nitrogen and oxygen atoms in total. The first kappa shape index (κ1) is 13.4. The SMILES string of the molecule is CCC1(CC)C(N)CC1Oc1cnc2ccccc2c1. The molecule has 2 unspecified atom stereocenters. The van der Waals surface area contributed by atoms with Crippen LogP contribution in [-0.4, -0.2) is 17.1 Å². The minimum absolute atomic E-state index is 0.131. The molecule has 1 aromatic carbocycles. The second-order valence-electron chi connectivity index (χ2n) is 5.75. The maximum absolute atomic E-state index is 6.22. The van der Waals surface area contributed by atoms with E-state index in [1.165, 1.54) is 0 Å². The van der Waals surface area contributed by atoms with Gasteiger partial charge in [0.15, 0.2) is 0 Å².